The fourth-order valence-electron chi connectivity index (χ4n) is 3.48. The minimum atomic E-state index is -0.116. The number of aromatic nitrogens is 3. The zero-order valence-corrected chi connectivity index (χ0v) is 15.3. The van der Waals surface area contributed by atoms with Crippen LogP contribution in [0.15, 0.2) is 40.5 Å². The Morgan fingerprint density at radius 2 is 1.88 bits per heavy atom. The highest BCUT2D eigenvalue weighted by atomic mass is 32.1. The van der Waals surface area contributed by atoms with E-state index in [1.807, 2.05) is 23.6 Å². The quantitative estimate of drug-likeness (QED) is 0.573. The van der Waals surface area contributed by atoms with Crippen molar-refractivity contribution in [2.24, 2.45) is 0 Å². The Balaban J connectivity index is 1.55. The molecule has 2 N–H and O–H groups in total. The number of nitrogens with one attached hydrogen (secondary N) is 2. The molecule has 5 rings (SSSR count). The molecule has 4 aromatic rings. The molecular formula is C19H19N5OS. The number of piperazine rings is 1. The van der Waals surface area contributed by atoms with Crippen molar-refractivity contribution in [1.29, 1.82) is 0 Å². The van der Waals surface area contributed by atoms with Crippen molar-refractivity contribution in [2.45, 2.75) is 0 Å². The summed E-state index contributed by atoms with van der Waals surface area (Å²) in [4.78, 5) is 28.1. The lowest BCUT2D eigenvalue weighted by atomic mass is 10.2. The van der Waals surface area contributed by atoms with Crippen molar-refractivity contribution in [3.63, 3.8) is 0 Å². The molecule has 0 bridgehead atoms. The maximum absolute atomic E-state index is 12.4. The van der Waals surface area contributed by atoms with Gasteiger partial charge in [0.2, 0.25) is 0 Å². The van der Waals surface area contributed by atoms with Crippen LogP contribution in [0, 0.1) is 0 Å². The van der Waals surface area contributed by atoms with Gasteiger partial charge in [-0.1, -0.05) is 0 Å². The summed E-state index contributed by atoms with van der Waals surface area (Å²) < 4.78 is 1.05. The summed E-state index contributed by atoms with van der Waals surface area (Å²) in [7, 11) is 2.16. The van der Waals surface area contributed by atoms with Gasteiger partial charge in [0.1, 0.15) is 5.82 Å². The lowest BCUT2D eigenvalue weighted by Crippen LogP contribution is -2.44. The number of thiophene rings is 1. The van der Waals surface area contributed by atoms with Crippen molar-refractivity contribution in [3.8, 4) is 11.4 Å². The number of rotatable bonds is 2. The number of hydrogen-bond acceptors (Lipinski definition) is 5. The highest BCUT2D eigenvalue weighted by Gasteiger charge is 2.16. The number of anilines is 1. The molecular weight excluding hydrogens is 346 g/mol. The smallest absolute Gasteiger partial charge is 0.259 e. The molecule has 4 heterocycles. The van der Waals surface area contributed by atoms with E-state index in [0.717, 1.165) is 47.4 Å². The third kappa shape index (κ3) is 2.60. The maximum atomic E-state index is 12.4. The van der Waals surface area contributed by atoms with Crippen LogP contribution in [0.3, 0.4) is 0 Å². The van der Waals surface area contributed by atoms with Gasteiger partial charge in [0.05, 0.1) is 26.8 Å². The van der Waals surface area contributed by atoms with E-state index in [9.17, 15) is 4.79 Å². The molecule has 0 spiro atoms. The van der Waals surface area contributed by atoms with Crippen LogP contribution in [-0.2, 0) is 0 Å². The first-order valence-electron chi connectivity index (χ1n) is 8.71. The van der Waals surface area contributed by atoms with Crippen molar-refractivity contribution >= 4 is 38.3 Å². The fourth-order valence-corrected chi connectivity index (χ4v) is 4.27. The highest BCUT2D eigenvalue weighted by Crippen LogP contribution is 2.26. The van der Waals surface area contributed by atoms with E-state index in [2.05, 4.69) is 43.9 Å². The first kappa shape index (κ1) is 15.6. The summed E-state index contributed by atoms with van der Waals surface area (Å²) in [6, 6.07) is 10.1. The predicted molar refractivity (Wildman–Crippen MR) is 107 cm³/mol. The number of H-pyrrole nitrogens is 2. The fraction of sp³-hybridized carbons (Fsp3) is 0.263. The lowest BCUT2D eigenvalue weighted by molar-refractivity contribution is 0.313. The SMILES string of the molecule is CN1CCN(c2ccc3nc(-c4cc5sccc5[nH]c4=O)[nH]c3c2)CC1. The first-order chi connectivity index (χ1) is 12.7. The predicted octanol–water partition coefficient (Wildman–Crippen LogP) is 2.88. The van der Waals surface area contributed by atoms with E-state index < -0.39 is 0 Å². The summed E-state index contributed by atoms with van der Waals surface area (Å²) in [6.45, 7) is 4.19. The zero-order valence-electron chi connectivity index (χ0n) is 14.5. The molecule has 26 heavy (non-hydrogen) atoms. The molecule has 1 fully saturated rings. The van der Waals surface area contributed by atoms with E-state index in [0.29, 0.717) is 11.4 Å². The van der Waals surface area contributed by atoms with Crippen LogP contribution in [0.4, 0.5) is 5.69 Å². The van der Waals surface area contributed by atoms with Crippen molar-refractivity contribution in [1.82, 2.24) is 19.9 Å². The number of fused-ring (bicyclic) bond motifs is 2. The highest BCUT2D eigenvalue weighted by molar-refractivity contribution is 7.17. The molecule has 1 aliphatic rings. The average Bonchev–Trinajstić information content (AvgIpc) is 3.26. The van der Waals surface area contributed by atoms with Crippen molar-refractivity contribution < 1.29 is 0 Å². The summed E-state index contributed by atoms with van der Waals surface area (Å²) in [6.07, 6.45) is 0. The average molecular weight is 365 g/mol. The normalized spacial score (nSPS) is 16.0. The molecule has 1 saturated heterocycles. The van der Waals surface area contributed by atoms with Gasteiger partial charge < -0.3 is 19.8 Å². The van der Waals surface area contributed by atoms with E-state index in [1.165, 1.54) is 5.69 Å². The molecule has 3 aromatic heterocycles. The van der Waals surface area contributed by atoms with Gasteiger partial charge in [0.15, 0.2) is 0 Å². The van der Waals surface area contributed by atoms with Crippen molar-refractivity contribution in [3.05, 3.63) is 46.1 Å². The number of hydrogen-bond donors (Lipinski definition) is 2. The van der Waals surface area contributed by atoms with Crippen molar-refractivity contribution in [2.75, 3.05) is 38.1 Å². The van der Waals surface area contributed by atoms with E-state index >= 15 is 0 Å². The van der Waals surface area contributed by atoms with Crippen LogP contribution < -0.4 is 10.5 Å². The van der Waals surface area contributed by atoms with Crippen LogP contribution in [0.2, 0.25) is 0 Å². The monoisotopic (exact) mass is 365 g/mol. The summed E-state index contributed by atoms with van der Waals surface area (Å²) in [5.41, 5.74) is 4.37. The van der Waals surface area contributed by atoms with Crippen LogP contribution in [0.25, 0.3) is 32.6 Å². The van der Waals surface area contributed by atoms with Gasteiger partial charge in [-0.15, -0.1) is 11.3 Å². The van der Waals surface area contributed by atoms with Gasteiger partial charge in [-0.25, -0.2) is 4.98 Å². The Morgan fingerprint density at radius 3 is 2.73 bits per heavy atom. The molecule has 132 valence electrons. The minimum absolute atomic E-state index is 0.116. The number of imidazole rings is 1. The molecule has 0 amide bonds. The number of benzene rings is 1. The summed E-state index contributed by atoms with van der Waals surface area (Å²) >= 11 is 1.61. The number of nitrogens with zero attached hydrogens (tertiary/aromatic N) is 3. The topological polar surface area (TPSA) is 68.0 Å². The van der Waals surface area contributed by atoms with Gasteiger partial charge in [0, 0.05) is 31.9 Å². The summed E-state index contributed by atoms with van der Waals surface area (Å²) in [5.74, 6) is 0.618. The Hall–Kier alpha value is -2.64. The molecule has 0 atom stereocenters. The molecule has 0 aliphatic carbocycles. The van der Waals surface area contributed by atoms with Crippen LogP contribution in [0.5, 0.6) is 0 Å². The molecule has 0 saturated carbocycles. The molecule has 1 aliphatic heterocycles. The number of likely N-dealkylation sites (N-methyl/N-ethyl adjacent to an activating group) is 1. The Kier molecular flexibility index (Phi) is 3.58. The maximum Gasteiger partial charge on any atom is 0.259 e. The lowest BCUT2D eigenvalue weighted by Gasteiger charge is -2.34. The van der Waals surface area contributed by atoms with Gasteiger partial charge in [-0.3, -0.25) is 4.79 Å². The van der Waals surface area contributed by atoms with Crippen LogP contribution in [-0.4, -0.2) is 53.1 Å². The first-order valence-corrected chi connectivity index (χ1v) is 9.59. The largest absolute Gasteiger partial charge is 0.369 e. The van der Waals surface area contributed by atoms with E-state index in [-0.39, 0.29) is 5.56 Å². The Labute approximate surface area is 154 Å². The van der Waals surface area contributed by atoms with Gasteiger partial charge >= 0.3 is 0 Å². The third-order valence-electron chi connectivity index (χ3n) is 5.05. The molecule has 0 unspecified atom stereocenters. The summed E-state index contributed by atoms with van der Waals surface area (Å²) in [5, 5.41) is 1.98. The molecule has 0 radical (unpaired) electrons. The molecule has 7 heteroatoms. The molecule has 6 nitrogen and oxygen atoms in total. The second kappa shape index (κ2) is 5.96. The Bertz CT molecular complexity index is 1150. The number of pyridine rings is 1. The zero-order chi connectivity index (χ0) is 17.7. The van der Waals surface area contributed by atoms with Crippen LogP contribution in [0.1, 0.15) is 0 Å². The van der Waals surface area contributed by atoms with Crippen LogP contribution >= 0.6 is 11.3 Å². The standard InChI is InChI=1S/C19H19N5OS/c1-23-5-7-24(8-6-23)12-2-3-14-16(10-12)21-18(20-14)13-11-17-15(4-9-26-17)22-19(13)25/h2-4,9-11H,5-8H2,1H3,(H,20,21)(H,22,25). The second-order valence-corrected chi connectivity index (χ2v) is 7.74. The molecule has 1 aromatic carbocycles. The number of aromatic amines is 2. The van der Waals surface area contributed by atoms with Gasteiger partial charge in [-0.2, -0.15) is 0 Å². The Morgan fingerprint density at radius 1 is 1.04 bits per heavy atom. The van der Waals surface area contributed by atoms with Gasteiger partial charge in [0.25, 0.3) is 5.56 Å². The minimum Gasteiger partial charge on any atom is -0.369 e. The van der Waals surface area contributed by atoms with E-state index in [1.54, 1.807) is 11.3 Å². The van der Waals surface area contributed by atoms with E-state index in [4.69, 9.17) is 0 Å². The van der Waals surface area contributed by atoms with Gasteiger partial charge in [-0.05, 0) is 42.8 Å². The third-order valence-corrected chi connectivity index (χ3v) is 5.92. The second-order valence-electron chi connectivity index (χ2n) is 6.79.